The van der Waals surface area contributed by atoms with Crippen LogP contribution in [0.1, 0.15) is 45.4 Å². The summed E-state index contributed by atoms with van der Waals surface area (Å²) in [6.07, 6.45) is 5.51. The second-order valence-corrected chi connectivity index (χ2v) is 6.22. The molecule has 0 saturated heterocycles. The van der Waals surface area contributed by atoms with Crippen molar-refractivity contribution < 1.29 is 9.59 Å². The Balaban J connectivity index is 1.78. The number of amides is 2. The van der Waals surface area contributed by atoms with Crippen LogP contribution in [0.2, 0.25) is 0 Å². The van der Waals surface area contributed by atoms with Crippen LogP contribution in [-0.2, 0) is 24.3 Å². The van der Waals surface area contributed by atoms with Crippen LogP contribution in [0, 0.1) is 13.8 Å². The first-order valence-corrected chi connectivity index (χ1v) is 8.24. The molecule has 0 atom stereocenters. The molecule has 1 aliphatic rings. The van der Waals surface area contributed by atoms with Gasteiger partial charge in [-0.2, -0.15) is 0 Å². The Labute approximate surface area is 146 Å². The molecule has 7 heteroatoms. The Kier molecular flexibility index (Phi) is 4.74. The van der Waals surface area contributed by atoms with Crippen LogP contribution in [-0.4, -0.2) is 38.2 Å². The molecular formula is C18H21N5O2. The minimum Gasteiger partial charge on any atom is -0.348 e. The average Bonchev–Trinajstić information content (AvgIpc) is 2.60. The minimum atomic E-state index is -0.164. The first kappa shape index (κ1) is 17.0. The van der Waals surface area contributed by atoms with Crippen molar-refractivity contribution in [3.05, 3.63) is 52.4 Å². The van der Waals surface area contributed by atoms with Crippen LogP contribution in [0.3, 0.4) is 0 Å². The molecular weight excluding hydrogens is 318 g/mol. The Bertz CT molecular complexity index is 814. The van der Waals surface area contributed by atoms with Crippen LogP contribution in [0.25, 0.3) is 0 Å². The topological polar surface area (TPSA) is 88.1 Å². The number of pyridine rings is 1. The summed E-state index contributed by atoms with van der Waals surface area (Å²) in [5.74, 6) is -0.126. The molecule has 0 saturated carbocycles. The van der Waals surface area contributed by atoms with Gasteiger partial charge in [0.1, 0.15) is 6.33 Å². The molecule has 2 amide bonds. The highest BCUT2D eigenvalue weighted by Gasteiger charge is 2.23. The van der Waals surface area contributed by atoms with E-state index in [0.29, 0.717) is 31.6 Å². The van der Waals surface area contributed by atoms with E-state index in [0.717, 1.165) is 28.1 Å². The predicted molar refractivity (Wildman–Crippen MR) is 91.7 cm³/mol. The smallest absolute Gasteiger partial charge is 0.253 e. The van der Waals surface area contributed by atoms with Crippen molar-refractivity contribution in [2.45, 2.75) is 40.3 Å². The van der Waals surface area contributed by atoms with Crippen molar-refractivity contribution >= 4 is 11.8 Å². The van der Waals surface area contributed by atoms with Crippen LogP contribution < -0.4 is 5.32 Å². The summed E-state index contributed by atoms with van der Waals surface area (Å²) < 4.78 is 0. The van der Waals surface area contributed by atoms with Crippen molar-refractivity contribution in [2.75, 3.05) is 6.54 Å². The zero-order valence-electron chi connectivity index (χ0n) is 14.7. The van der Waals surface area contributed by atoms with Gasteiger partial charge in [-0.1, -0.05) is 0 Å². The highest BCUT2D eigenvalue weighted by Crippen LogP contribution is 2.22. The molecule has 0 aliphatic carbocycles. The number of nitrogens with zero attached hydrogens (tertiary/aromatic N) is 4. The summed E-state index contributed by atoms with van der Waals surface area (Å²) in [7, 11) is 0. The molecule has 3 heterocycles. The number of aryl methyl sites for hydroxylation is 2. The highest BCUT2D eigenvalue weighted by atomic mass is 16.2. The van der Waals surface area contributed by atoms with Gasteiger partial charge in [0.25, 0.3) is 5.91 Å². The summed E-state index contributed by atoms with van der Waals surface area (Å²) in [5.41, 5.74) is 5.13. The van der Waals surface area contributed by atoms with Crippen LogP contribution >= 0.6 is 0 Å². The van der Waals surface area contributed by atoms with Gasteiger partial charge in [0.15, 0.2) is 0 Å². The standard InChI is InChI=1S/C18H21N5O2/c1-11-16(12(2)22-10-21-11)8-20-18(25)17-7-19-6-14-9-23(13(3)24)5-4-15(14)17/h6-7,10H,4-5,8-9H2,1-3H3,(H,20,25). The number of fused-ring (bicyclic) bond motifs is 1. The summed E-state index contributed by atoms with van der Waals surface area (Å²) in [5, 5.41) is 2.94. The number of carbonyl (C=O) groups excluding carboxylic acids is 2. The van der Waals surface area contributed by atoms with Crippen molar-refractivity contribution in [3.8, 4) is 0 Å². The Morgan fingerprint density at radius 3 is 2.60 bits per heavy atom. The molecule has 25 heavy (non-hydrogen) atoms. The van der Waals surface area contributed by atoms with Crippen molar-refractivity contribution in [2.24, 2.45) is 0 Å². The second-order valence-electron chi connectivity index (χ2n) is 6.22. The number of aromatic nitrogens is 3. The molecule has 0 radical (unpaired) electrons. The van der Waals surface area contributed by atoms with E-state index in [1.54, 1.807) is 24.2 Å². The summed E-state index contributed by atoms with van der Waals surface area (Å²) >= 11 is 0. The van der Waals surface area contributed by atoms with Crippen molar-refractivity contribution in [1.29, 1.82) is 0 Å². The maximum absolute atomic E-state index is 12.7. The van der Waals surface area contributed by atoms with Gasteiger partial charge in [0, 0.05) is 55.9 Å². The molecule has 2 aromatic heterocycles. The lowest BCUT2D eigenvalue weighted by molar-refractivity contribution is -0.129. The maximum Gasteiger partial charge on any atom is 0.253 e. The van der Waals surface area contributed by atoms with E-state index < -0.39 is 0 Å². The number of nitrogens with one attached hydrogen (secondary N) is 1. The molecule has 0 unspecified atom stereocenters. The zero-order chi connectivity index (χ0) is 18.0. The van der Waals surface area contributed by atoms with E-state index in [1.807, 2.05) is 13.8 Å². The molecule has 0 spiro atoms. The molecule has 130 valence electrons. The van der Waals surface area contributed by atoms with E-state index >= 15 is 0 Å². The molecule has 0 aromatic carbocycles. The number of hydrogen-bond acceptors (Lipinski definition) is 5. The van der Waals surface area contributed by atoms with Crippen LogP contribution in [0.4, 0.5) is 0 Å². The average molecular weight is 339 g/mol. The van der Waals surface area contributed by atoms with Crippen molar-refractivity contribution in [1.82, 2.24) is 25.2 Å². The largest absolute Gasteiger partial charge is 0.348 e. The predicted octanol–water partition coefficient (Wildman–Crippen LogP) is 1.32. The maximum atomic E-state index is 12.7. The first-order valence-electron chi connectivity index (χ1n) is 8.24. The van der Waals surface area contributed by atoms with Gasteiger partial charge in [-0.05, 0) is 31.4 Å². The van der Waals surface area contributed by atoms with Crippen molar-refractivity contribution in [3.63, 3.8) is 0 Å². The third-order valence-corrected chi connectivity index (χ3v) is 4.63. The zero-order valence-corrected chi connectivity index (χ0v) is 14.7. The van der Waals surface area contributed by atoms with E-state index in [4.69, 9.17) is 0 Å². The lowest BCUT2D eigenvalue weighted by Crippen LogP contribution is -2.36. The molecule has 7 nitrogen and oxygen atoms in total. The molecule has 0 bridgehead atoms. The molecule has 1 aliphatic heterocycles. The van der Waals surface area contributed by atoms with E-state index in [1.165, 1.54) is 6.33 Å². The van der Waals surface area contributed by atoms with Crippen LogP contribution in [0.5, 0.6) is 0 Å². The third kappa shape index (κ3) is 3.50. The van der Waals surface area contributed by atoms with Gasteiger partial charge in [0.2, 0.25) is 5.91 Å². The monoisotopic (exact) mass is 339 g/mol. The van der Waals surface area contributed by atoms with E-state index in [2.05, 4.69) is 20.3 Å². The third-order valence-electron chi connectivity index (χ3n) is 4.63. The Morgan fingerprint density at radius 1 is 1.20 bits per heavy atom. The fourth-order valence-electron chi connectivity index (χ4n) is 3.10. The lowest BCUT2D eigenvalue weighted by atomic mass is 9.96. The number of hydrogen-bond donors (Lipinski definition) is 1. The van der Waals surface area contributed by atoms with Gasteiger partial charge in [-0.25, -0.2) is 9.97 Å². The summed E-state index contributed by atoms with van der Waals surface area (Å²) in [6, 6.07) is 0. The molecule has 2 aromatic rings. The fraction of sp³-hybridized carbons (Fsp3) is 0.389. The van der Waals surface area contributed by atoms with Gasteiger partial charge >= 0.3 is 0 Å². The summed E-state index contributed by atoms with van der Waals surface area (Å²) in [6.45, 7) is 6.86. The normalized spacial score (nSPS) is 13.3. The quantitative estimate of drug-likeness (QED) is 0.911. The highest BCUT2D eigenvalue weighted by molar-refractivity contribution is 5.95. The van der Waals surface area contributed by atoms with Crippen LogP contribution in [0.15, 0.2) is 18.7 Å². The SMILES string of the molecule is CC(=O)N1CCc2c(cncc2C(=O)NCc2c(C)ncnc2C)C1. The van der Waals surface area contributed by atoms with Gasteiger partial charge in [0.05, 0.1) is 5.56 Å². The molecule has 0 fully saturated rings. The van der Waals surface area contributed by atoms with Gasteiger partial charge in [-0.3, -0.25) is 14.6 Å². The first-order chi connectivity index (χ1) is 12.0. The van der Waals surface area contributed by atoms with E-state index in [-0.39, 0.29) is 11.8 Å². The minimum absolute atomic E-state index is 0.0375. The lowest BCUT2D eigenvalue weighted by Gasteiger charge is -2.28. The molecule has 1 N–H and O–H groups in total. The Morgan fingerprint density at radius 2 is 1.92 bits per heavy atom. The van der Waals surface area contributed by atoms with Gasteiger partial charge in [-0.15, -0.1) is 0 Å². The van der Waals surface area contributed by atoms with Gasteiger partial charge < -0.3 is 10.2 Å². The Hall–Kier alpha value is -2.83. The fourth-order valence-corrected chi connectivity index (χ4v) is 3.10. The number of carbonyl (C=O) groups is 2. The number of rotatable bonds is 3. The summed E-state index contributed by atoms with van der Waals surface area (Å²) in [4.78, 5) is 38.5. The molecule has 3 rings (SSSR count). The van der Waals surface area contributed by atoms with E-state index in [9.17, 15) is 9.59 Å². The second kappa shape index (κ2) is 6.96.